The summed E-state index contributed by atoms with van der Waals surface area (Å²) >= 11 is 0. The number of hydrogen-bond acceptors (Lipinski definition) is 4. The lowest BCUT2D eigenvalue weighted by molar-refractivity contribution is -0.138. The van der Waals surface area contributed by atoms with Crippen LogP contribution < -0.4 is 5.32 Å². The van der Waals surface area contributed by atoms with Gasteiger partial charge in [-0.15, -0.1) is 0 Å². The first-order valence-corrected chi connectivity index (χ1v) is 10.1. The van der Waals surface area contributed by atoms with E-state index >= 15 is 0 Å². The molecule has 0 aromatic heterocycles. The average molecular weight is 387 g/mol. The third-order valence-electron chi connectivity index (χ3n) is 5.68. The Morgan fingerprint density at radius 2 is 1.72 bits per heavy atom. The molecule has 1 heterocycles. The lowest BCUT2D eigenvalue weighted by atomic mass is 9.79. The van der Waals surface area contributed by atoms with E-state index in [1.807, 2.05) is 43.3 Å². The fourth-order valence-corrected chi connectivity index (χ4v) is 4.22. The van der Waals surface area contributed by atoms with Gasteiger partial charge in [0.2, 0.25) is 0 Å². The van der Waals surface area contributed by atoms with Crippen LogP contribution in [0.3, 0.4) is 0 Å². The molecule has 0 fully saturated rings. The molecule has 0 saturated heterocycles. The van der Waals surface area contributed by atoms with Crippen LogP contribution in [-0.2, 0) is 9.53 Å². The van der Waals surface area contributed by atoms with Crippen molar-refractivity contribution in [3.8, 4) is 0 Å². The topological polar surface area (TPSA) is 55.4 Å². The van der Waals surface area contributed by atoms with E-state index in [1.54, 1.807) is 6.92 Å². The molecule has 4 rings (SSSR count). The van der Waals surface area contributed by atoms with Gasteiger partial charge in [0.25, 0.3) is 0 Å². The van der Waals surface area contributed by atoms with Crippen molar-refractivity contribution in [2.75, 3.05) is 6.61 Å². The second-order valence-electron chi connectivity index (χ2n) is 7.80. The molecule has 2 aliphatic rings. The molecule has 0 saturated carbocycles. The molecule has 0 bridgehead atoms. The number of hydrogen-bond donors (Lipinski definition) is 1. The Labute approximate surface area is 171 Å². The molecule has 0 amide bonds. The normalized spacial score (nSPS) is 18.0. The number of Topliss-reactive ketones (excluding diaryl/α,β-unsaturated/α-hetero) is 1. The Bertz CT molecular complexity index is 1060. The van der Waals surface area contributed by atoms with Gasteiger partial charge in [-0.1, -0.05) is 62.4 Å². The van der Waals surface area contributed by atoms with E-state index in [0.717, 1.165) is 22.5 Å². The molecule has 0 radical (unpaired) electrons. The summed E-state index contributed by atoms with van der Waals surface area (Å²) in [5.74, 6) is -0.460. The Hall–Kier alpha value is -3.14. The van der Waals surface area contributed by atoms with Gasteiger partial charge in [0.1, 0.15) is 0 Å². The van der Waals surface area contributed by atoms with E-state index in [4.69, 9.17) is 4.74 Å². The highest BCUT2D eigenvalue weighted by Crippen LogP contribution is 2.46. The van der Waals surface area contributed by atoms with E-state index in [2.05, 4.69) is 31.3 Å². The molecule has 1 aliphatic heterocycles. The van der Waals surface area contributed by atoms with Gasteiger partial charge in [0, 0.05) is 28.3 Å². The van der Waals surface area contributed by atoms with Crippen LogP contribution >= 0.6 is 0 Å². The first kappa shape index (κ1) is 19.2. The quantitative estimate of drug-likeness (QED) is 0.755. The monoisotopic (exact) mass is 387 g/mol. The Kier molecular flexibility index (Phi) is 4.87. The van der Waals surface area contributed by atoms with Crippen molar-refractivity contribution < 1.29 is 14.3 Å². The fourth-order valence-electron chi connectivity index (χ4n) is 4.22. The number of dihydropyridines is 1. The maximum absolute atomic E-state index is 13.3. The summed E-state index contributed by atoms with van der Waals surface area (Å²) in [5.41, 5.74) is 6.36. The van der Waals surface area contributed by atoms with Crippen LogP contribution in [0.25, 0.3) is 5.70 Å². The van der Waals surface area contributed by atoms with Crippen LogP contribution in [0.2, 0.25) is 0 Å². The van der Waals surface area contributed by atoms with Crippen LogP contribution in [0, 0.1) is 0 Å². The highest BCUT2D eigenvalue weighted by atomic mass is 16.5. The maximum atomic E-state index is 13.3. The van der Waals surface area contributed by atoms with Gasteiger partial charge in [0.15, 0.2) is 5.78 Å². The van der Waals surface area contributed by atoms with Crippen molar-refractivity contribution in [2.24, 2.45) is 0 Å². The number of nitrogens with one attached hydrogen (secondary N) is 1. The van der Waals surface area contributed by atoms with Crippen molar-refractivity contribution in [1.82, 2.24) is 5.32 Å². The third-order valence-corrected chi connectivity index (χ3v) is 5.68. The lowest BCUT2D eigenvalue weighted by Gasteiger charge is -2.29. The van der Waals surface area contributed by atoms with Gasteiger partial charge < -0.3 is 10.1 Å². The van der Waals surface area contributed by atoms with E-state index in [9.17, 15) is 9.59 Å². The molecule has 4 nitrogen and oxygen atoms in total. The summed E-state index contributed by atoms with van der Waals surface area (Å²) in [6.45, 7) is 8.24. The number of esters is 1. The van der Waals surface area contributed by atoms with Crippen LogP contribution in [0.15, 0.2) is 65.4 Å². The predicted octanol–water partition coefficient (Wildman–Crippen LogP) is 4.94. The molecule has 1 aliphatic carbocycles. The van der Waals surface area contributed by atoms with E-state index in [1.165, 1.54) is 5.56 Å². The Morgan fingerprint density at radius 1 is 1.07 bits per heavy atom. The molecular formula is C25H25NO3. The average Bonchev–Trinajstić information content (AvgIpc) is 2.99. The summed E-state index contributed by atoms with van der Waals surface area (Å²) in [7, 11) is 0. The smallest absolute Gasteiger partial charge is 0.336 e. The maximum Gasteiger partial charge on any atom is 0.336 e. The van der Waals surface area contributed by atoms with Gasteiger partial charge in [0.05, 0.1) is 17.9 Å². The highest BCUT2D eigenvalue weighted by molar-refractivity contribution is 6.23. The minimum absolute atomic E-state index is 0.0321. The van der Waals surface area contributed by atoms with Crippen molar-refractivity contribution >= 4 is 17.4 Å². The summed E-state index contributed by atoms with van der Waals surface area (Å²) in [4.78, 5) is 26.2. The van der Waals surface area contributed by atoms with E-state index < -0.39 is 5.92 Å². The SMILES string of the molecule is CCOC(=O)C1=C(C)NC2=C(C(=O)c3ccccc32)[C@H]1c1ccc(C(C)C)cc1. The Balaban J connectivity index is 1.89. The zero-order valence-electron chi connectivity index (χ0n) is 17.2. The number of fused-ring (bicyclic) bond motifs is 2. The first-order chi connectivity index (χ1) is 13.9. The molecular weight excluding hydrogens is 362 g/mol. The number of allylic oxidation sites excluding steroid dienone is 2. The van der Waals surface area contributed by atoms with Gasteiger partial charge in [-0.3, -0.25) is 4.79 Å². The lowest BCUT2D eigenvalue weighted by Crippen LogP contribution is -2.29. The van der Waals surface area contributed by atoms with Crippen molar-refractivity contribution in [3.63, 3.8) is 0 Å². The molecule has 0 unspecified atom stereocenters. The van der Waals surface area contributed by atoms with Gasteiger partial charge in [-0.05, 0) is 30.9 Å². The van der Waals surface area contributed by atoms with Crippen LogP contribution in [-0.4, -0.2) is 18.4 Å². The third kappa shape index (κ3) is 3.09. The molecule has 148 valence electrons. The minimum atomic E-state index is -0.452. The predicted molar refractivity (Wildman–Crippen MR) is 113 cm³/mol. The zero-order valence-corrected chi connectivity index (χ0v) is 17.2. The van der Waals surface area contributed by atoms with Crippen LogP contribution in [0.1, 0.15) is 66.6 Å². The summed E-state index contributed by atoms with van der Waals surface area (Å²) < 4.78 is 5.36. The minimum Gasteiger partial charge on any atom is -0.463 e. The Morgan fingerprint density at radius 3 is 2.34 bits per heavy atom. The first-order valence-electron chi connectivity index (χ1n) is 10.1. The van der Waals surface area contributed by atoms with Gasteiger partial charge in [-0.2, -0.15) is 0 Å². The molecule has 0 spiro atoms. The van der Waals surface area contributed by atoms with Crippen LogP contribution in [0.4, 0.5) is 0 Å². The van der Waals surface area contributed by atoms with Crippen molar-refractivity contribution in [3.05, 3.63) is 87.6 Å². The fraction of sp³-hybridized carbons (Fsp3) is 0.280. The number of ketones is 1. The molecule has 2 aromatic carbocycles. The van der Waals surface area contributed by atoms with Gasteiger partial charge in [-0.25, -0.2) is 4.79 Å². The highest BCUT2D eigenvalue weighted by Gasteiger charge is 2.42. The number of ether oxygens (including phenoxy) is 1. The molecule has 4 heteroatoms. The molecule has 2 aromatic rings. The number of benzene rings is 2. The summed E-state index contributed by atoms with van der Waals surface area (Å²) in [6.07, 6.45) is 0. The molecule has 1 N–H and O–H groups in total. The van der Waals surface area contributed by atoms with E-state index in [0.29, 0.717) is 22.6 Å². The zero-order chi connectivity index (χ0) is 20.7. The second-order valence-corrected chi connectivity index (χ2v) is 7.80. The van der Waals surface area contributed by atoms with Crippen LogP contribution in [0.5, 0.6) is 0 Å². The number of rotatable bonds is 4. The second kappa shape index (κ2) is 7.36. The van der Waals surface area contributed by atoms with Crippen molar-refractivity contribution in [2.45, 2.75) is 39.5 Å². The largest absolute Gasteiger partial charge is 0.463 e. The van der Waals surface area contributed by atoms with Gasteiger partial charge >= 0.3 is 5.97 Å². The number of carbonyl (C=O) groups excluding carboxylic acids is 2. The standard InChI is InChI=1S/C25H25NO3/c1-5-29-25(28)20-15(4)26-23-18-8-6-7-9-19(18)24(27)22(23)21(20)17-12-10-16(11-13-17)14(2)3/h6-14,21,26H,5H2,1-4H3/t21-/m0/s1. The number of carbonyl (C=O) groups is 2. The molecule has 29 heavy (non-hydrogen) atoms. The van der Waals surface area contributed by atoms with Crippen molar-refractivity contribution in [1.29, 1.82) is 0 Å². The summed E-state index contributed by atoms with van der Waals surface area (Å²) in [5, 5.41) is 3.32. The molecule has 1 atom stereocenters. The summed E-state index contributed by atoms with van der Waals surface area (Å²) in [6, 6.07) is 15.8. The van der Waals surface area contributed by atoms with E-state index in [-0.39, 0.29) is 18.4 Å².